The SMILES string of the molecule is CNC(=O)C(C)(C)n1cc(Nc2nccc(-c3ccc(CCC(=O)N4CC(OC(C)C)C4)c(C)c3)n2)cn1. The molecule has 10 nitrogen and oxygen atoms in total. The summed E-state index contributed by atoms with van der Waals surface area (Å²) in [6.45, 7) is 11.1. The maximum Gasteiger partial charge on any atom is 0.247 e. The molecule has 1 aliphatic heterocycles. The molecule has 0 unspecified atom stereocenters. The van der Waals surface area contributed by atoms with Crippen LogP contribution in [0.1, 0.15) is 45.2 Å². The number of nitrogens with zero attached hydrogens (tertiary/aromatic N) is 5. The van der Waals surface area contributed by atoms with E-state index in [1.54, 1.807) is 44.2 Å². The Labute approximate surface area is 223 Å². The predicted octanol–water partition coefficient (Wildman–Crippen LogP) is 3.44. The third kappa shape index (κ3) is 6.19. The van der Waals surface area contributed by atoms with Gasteiger partial charge in [-0.1, -0.05) is 12.1 Å². The summed E-state index contributed by atoms with van der Waals surface area (Å²) in [5.41, 5.74) is 3.86. The van der Waals surface area contributed by atoms with Crippen molar-refractivity contribution in [2.45, 2.75) is 65.2 Å². The fourth-order valence-corrected chi connectivity index (χ4v) is 4.46. The molecule has 2 N–H and O–H groups in total. The van der Waals surface area contributed by atoms with E-state index in [9.17, 15) is 9.59 Å². The van der Waals surface area contributed by atoms with Gasteiger partial charge in [-0.2, -0.15) is 5.10 Å². The number of carbonyl (C=O) groups is 2. The van der Waals surface area contributed by atoms with Crippen molar-refractivity contribution < 1.29 is 14.3 Å². The number of nitrogens with one attached hydrogen (secondary N) is 2. The summed E-state index contributed by atoms with van der Waals surface area (Å²) in [4.78, 5) is 35.6. The van der Waals surface area contributed by atoms with E-state index in [0.717, 1.165) is 22.4 Å². The van der Waals surface area contributed by atoms with Gasteiger partial charge >= 0.3 is 0 Å². The highest BCUT2D eigenvalue weighted by Crippen LogP contribution is 2.24. The number of anilines is 2. The van der Waals surface area contributed by atoms with E-state index in [0.29, 0.717) is 37.6 Å². The average Bonchev–Trinajstić information content (AvgIpc) is 3.33. The Bertz CT molecular complexity index is 1300. The summed E-state index contributed by atoms with van der Waals surface area (Å²) in [6.07, 6.45) is 6.63. The van der Waals surface area contributed by atoms with Gasteiger partial charge in [0.2, 0.25) is 17.8 Å². The molecule has 0 spiro atoms. The number of aryl methyl sites for hydroxylation is 2. The van der Waals surface area contributed by atoms with Crippen molar-refractivity contribution in [3.8, 4) is 11.3 Å². The Balaban J connectivity index is 1.37. The minimum atomic E-state index is -0.832. The molecule has 38 heavy (non-hydrogen) atoms. The van der Waals surface area contributed by atoms with Crippen LogP contribution in [0.4, 0.5) is 11.6 Å². The minimum absolute atomic E-state index is 0.140. The summed E-state index contributed by atoms with van der Waals surface area (Å²) < 4.78 is 7.35. The van der Waals surface area contributed by atoms with Gasteiger partial charge in [-0.3, -0.25) is 14.3 Å². The van der Waals surface area contributed by atoms with Crippen molar-refractivity contribution in [2.75, 3.05) is 25.5 Å². The average molecular weight is 520 g/mol. The van der Waals surface area contributed by atoms with E-state index in [-0.39, 0.29) is 24.0 Å². The van der Waals surface area contributed by atoms with E-state index >= 15 is 0 Å². The first-order valence-corrected chi connectivity index (χ1v) is 13.0. The molecule has 0 atom stereocenters. The fourth-order valence-electron chi connectivity index (χ4n) is 4.46. The first-order chi connectivity index (χ1) is 18.1. The van der Waals surface area contributed by atoms with Crippen LogP contribution in [0, 0.1) is 6.92 Å². The standard InChI is InChI=1S/C28H37N7O3/c1-18(2)38-23-16-34(17-23)25(36)10-9-20-7-8-21(13-19(20)3)24-11-12-30-27(33-24)32-22-14-31-35(15-22)28(4,5)26(37)29-6/h7-8,11-15,18,23H,9-10,16-17H2,1-6H3,(H,29,37)(H,30,32,33). The lowest BCUT2D eigenvalue weighted by atomic mass is 9.99. The number of ether oxygens (including phenoxy) is 1. The van der Waals surface area contributed by atoms with Gasteiger partial charge in [0.1, 0.15) is 5.54 Å². The number of carbonyl (C=O) groups excluding carboxylic acids is 2. The second-order valence-corrected chi connectivity index (χ2v) is 10.4. The lowest BCUT2D eigenvalue weighted by Gasteiger charge is -2.40. The number of hydrogen-bond acceptors (Lipinski definition) is 7. The highest BCUT2D eigenvalue weighted by Gasteiger charge is 2.31. The minimum Gasteiger partial charge on any atom is -0.372 e. The molecule has 10 heteroatoms. The number of likely N-dealkylation sites (tertiary alicyclic amines) is 1. The second-order valence-electron chi connectivity index (χ2n) is 10.4. The van der Waals surface area contributed by atoms with Crippen molar-refractivity contribution >= 4 is 23.5 Å². The van der Waals surface area contributed by atoms with Crippen LogP contribution in [-0.2, 0) is 26.3 Å². The number of benzene rings is 1. The predicted molar refractivity (Wildman–Crippen MR) is 146 cm³/mol. The zero-order chi connectivity index (χ0) is 27.4. The smallest absolute Gasteiger partial charge is 0.247 e. The van der Waals surface area contributed by atoms with E-state index in [4.69, 9.17) is 4.74 Å². The summed E-state index contributed by atoms with van der Waals surface area (Å²) in [5, 5.41) is 10.2. The highest BCUT2D eigenvalue weighted by atomic mass is 16.5. The quantitative estimate of drug-likeness (QED) is 0.422. The monoisotopic (exact) mass is 519 g/mol. The third-order valence-corrected chi connectivity index (χ3v) is 6.76. The number of amides is 2. The molecule has 1 saturated heterocycles. The molecule has 2 amide bonds. The lowest BCUT2D eigenvalue weighted by molar-refractivity contribution is -0.148. The molecule has 1 aromatic carbocycles. The van der Waals surface area contributed by atoms with Gasteiger partial charge in [-0.25, -0.2) is 9.97 Å². The number of rotatable bonds is 10. The van der Waals surface area contributed by atoms with E-state index in [2.05, 4.69) is 44.8 Å². The van der Waals surface area contributed by atoms with Gasteiger partial charge in [0.25, 0.3) is 0 Å². The summed E-state index contributed by atoms with van der Waals surface area (Å²) in [5.74, 6) is 0.464. The fraction of sp³-hybridized carbons (Fsp3) is 0.464. The largest absolute Gasteiger partial charge is 0.372 e. The van der Waals surface area contributed by atoms with Crippen LogP contribution in [0.15, 0.2) is 42.9 Å². The van der Waals surface area contributed by atoms with E-state index in [1.807, 2.05) is 30.9 Å². The first kappa shape index (κ1) is 27.3. The van der Waals surface area contributed by atoms with Crippen LogP contribution in [0.5, 0.6) is 0 Å². The molecule has 0 saturated carbocycles. The van der Waals surface area contributed by atoms with Crippen molar-refractivity contribution in [3.63, 3.8) is 0 Å². The van der Waals surface area contributed by atoms with Gasteiger partial charge in [0, 0.05) is 44.5 Å². The zero-order valence-electron chi connectivity index (χ0n) is 23.0. The second kappa shape index (κ2) is 11.3. The van der Waals surface area contributed by atoms with Crippen molar-refractivity contribution in [3.05, 3.63) is 54.0 Å². The van der Waals surface area contributed by atoms with E-state index < -0.39 is 5.54 Å². The number of likely N-dealkylation sites (N-methyl/N-ethyl adjacent to an activating group) is 1. The first-order valence-electron chi connectivity index (χ1n) is 13.0. The van der Waals surface area contributed by atoms with Gasteiger partial charge in [-0.05, 0) is 64.3 Å². The van der Waals surface area contributed by atoms with Gasteiger partial charge in [-0.15, -0.1) is 0 Å². The van der Waals surface area contributed by atoms with Gasteiger partial charge in [0.15, 0.2) is 0 Å². The molecule has 3 aromatic rings. The summed E-state index contributed by atoms with van der Waals surface area (Å²) in [7, 11) is 1.60. The van der Waals surface area contributed by atoms with Gasteiger partial charge in [0.05, 0.1) is 29.8 Å². The van der Waals surface area contributed by atoms with Crippen LogP contribution in [0.3, 0.4) is 0 Å². The van der Waals surface area contributed by atoms with Crippen LogP contribution in [-0.4, -0.2) is 68.8 Å². The lowest BCUT2D eigenvalue weighted by Crippen LogP contribution is -2.55. The van der Waals surface area contributed by atoms with Crippen molar-refractivity contribution in [2.24, 2.45) is 0 Å². The molecule has 0 aliphatic carbocycles. The molecule has 202 valence electrons. The van der Waals surface area contributed by atoms with Crippen molar-refractivity contribution in [1.82, 2.24) is 30.0 Å². The Morgan fingerprint density at radius 3 is 2.66 bits per heavy atom. The molecule has 2 aromatic heterocycles. The molecule has 3 heterocycles. The number of hydrogen-bond donors (Lipinski definition) is 2. The van der Waals surface area contributed by atoms with Crippen LogP contribution in [0.25, 0.3) is 11.3 Å². The molecule has 0 bridgehead atoms. The molecule has 0 radical (unpaired) electrons. The normalized spacial score (nSPS) is 13.9. The van der Waals surface area contributed by atoms with Crippen LogP contribution < -0.4 is 10.6 Å². The molecule has 1 fully saturated rings. The molecular formula is C28H37N7O3. The summed E-state index contributed by atoms with van der Waals surface area (Å²) in [6, 6.07) is 8.05. The van der Waals surface area contributed by atoms with Crippen LogP contribution in [0.2, 0.25) is 0 Å². The molecule has 1 aliphatic rings. The van der Waals surface area contributed by atoms with Crippen molar-refractivity contribution in [1.29, 1.82) is 0 Å². The summed E-state index contributed by atoms with van der Waals surface area (Å²) >= 11 is 0. The maximum atomic E-state index is 12.5. The third-order valence-electron chi connectivity index (χ3n) is 6.76. The maximum absolute atomic E-state index is 12.5. The topological polar surface area (TPSA) is 114 Å². The Morgan fingerprint density at radius 2 is 1.97 bits per heavy atom. The Hall–Kier alpha value is -3.79. The number of aromatic nitrogens is 4. The van der Waals surface area contributed by atoms with Crippen LogP contribution >= 0.6 is 0 Å². The highest BCUT2D eigenvalue weighted by molar-refractivity contribution is 5.83. The zero-order valence-corrected chi connectivity index (χ0v) is 23.0. The molecular weight excluding hydrogens is 482 g/mol. The molecule has 4 rings (SSSR count). The Kier molecular flexibility index (Phi) is 8.11. The van der Waals surface area contributed by atoms with Gasteiger partial charge < -0.3 is 20.3 Å². The van der Waals surface area contributed by atoms with E-state index in [1.165, 1.54) is 0 Å². The Morgan fingerprint density at radius 1 is 1.21 bits per heavy atom.